The fourth-order valence-electron chi connectivity index (χ4n) is 4.12. The highest BCUT2D eigenvalue weighted by molar-refractivity contribution is 9.11. The molecule has 0 heterocycles. The van der Waals surface area contributed by atoms with E-state index in [0.29, 0.717) is 0 Å². The van der Waals surface area contributed by atoms with Gasteiger partial charge in [-0.15, -0.1) is 0 Å². The molecule has 5 rings (SSSR count). The van der Waals surface area contributed by atoms with Gasteiger partial charge in [-0.25, -0.2) is 0 Å². The summed E-state index contributed by atoms with van der Waals surface area (Å²) in [5.74, 6) is 0. The molecule has 0 fully saturated rings. The van der Waals surface area contributed by atoms with Crippen LogP contribution in [0.1, 0.15) is 0 Å². The van der Waals surface area contributed by atoms with Crippen molar-refractivity contribution in [1.82, 2.24) is 0 Å². The van der Waals surface area contributed by atoms with Crippen LogP contribution in [0.25, 0.3) is 22.3 Å². The molecule has 3 heteroatoms. The molecule has 0 spiro atoms. The van der Waals surface area contributed by atoms with Crippen LogP contribution in [0.3, 0.4) is 0 Å². The van der Waals surface area contributed by atoms with Crippen LogP contribution in [0.15, 0.2) is 136 Å². The van der Waals surface area contributed by atoms with Crippen molar-refractivity contribution in [3.63, 3.8) is 0 Å². The minimum atomic E-state index is 1.03. The molecule has 0 N–H and O–H groups in total. The standard InChI is InChI=1S/C30H21Br2N/c31-26-18-7-9-20-28(26)33(29-21-10-8-19-27(29)32)30-24(22-12-3-1-4-13-22)16-11-17-25(30)23-14-5-2-6-15-23/h1-21H. The molecule has 160 valence electrons. The molecule has 0 radical (unpaired) electrons. The maximum atomic E-state index is 3.82. The van der Waals surface area contributed by atoms with Crippen LogP contribution in [-0.4, -0.2) is 0 Å². The third kappa shape index (κ3) is 4.39. The Morgan fingerprint density at radius 1 is 0.394 bits per heavy atom. The summed E-state index contributed by atoms with van der Waals surface area (Å²) < 4.78 is 2.06. The van der Waals surface area contributed by atoms with Crippen molar-refractivity contribution in [1.29, 1.82) is 0 Å². The van der Waals surface area contributed by atoms with Crippen molar-refractivity contribution in [3.8, 4) is 22.3 Å². The van der Waals surface area contributed by atoms with Gasteiger partial charge in [0.2, 0.25) is 0 Å². The van der Waals surface area contributed by atoms with Crippen molar-refractivity contribution < 1.29 is 0 Å². The summed E-state index contributed by atoms with van der Waals surface area (Å²) in [6, 6.07) is 44.5. The monoisotopic (exact) mass is 553 g/mol. The SMILES string of the molecule is Brc1ccccc1N(c1ccccc1Br)c1c(-c2ccccc2)cccc1-c1ccccc1. The van der Waals surface area contributed by atoms with Gasteiger partial charge in [0.1, 0.15) is 0 Å². The van der Waals surface area contributed by atoms with Crippen molar-refractivity contribution in [2.45, 2.75) is 0 Å². The van der Waals surface area contributed by atoms with Gasteiger partial charge >= 0.3 is 0 Å². The first-order valence-corrected chi connectivity index (χ1v) is 12.4. The molecular formula is C30H21Br2N. The van der Waals surface area contributed by atoms with Crippen LogP contribution in [0.4, 0.5) is 17.1 Å². The van der Waals surface area contributed by atoms with Crippen LogP contribution < -0.4 is 4.90 Å². The van der Waals surface area contributed by atoms with E-state index in [4.69, 9.17) is 0 Å². The average molecular weight is 555 g/mol. The van der Waals surface area contributed by atoms with E-state index in [-0.39, 0.29) is 0 Å². The van der Waals surface area contributed by atoms with Crippen molar-refractivity contribution >= 4 is 48.9 Å². The molecular weight excluding hydrogens is 534 g/mol. The van der Waals surface area contributed by atoms with Gasteiger partial charge in [0.05, 0.1) is 17.1 Å². The van der Waals surface area contributed by atoms with E-state index in [1.54, 1.807) is 0 Å². The van der Waals surface area contributed by atoms with Crippen LogP contribution in [-0.2, 0) is 0 Å². The van der Waals surface area contributed by atoms with Gasteiger partial charge in [-0.05, 0) is 67.3 Å². The van der Waals surface area contributed by atoms with Gasteiger partial charge in [0.15, 0.2) is 0 Å². The van der Waals surface area contributed by atoms with Crippen LogP contribution in [0, 0.1) is 0 Å². The maximum Gasteiger partial charge on any atom is 0.0619 e. The number of hydrogen-bond acceptors (Lipinski definition) is 1. The summed E-state index contributed by atoms with van der Waals surface area (Å²) in [5.41, 5.74) is 7.97. The second-order valence-electron chi connectivity index (χ2n) is 7.67. The highest BCUT2D eigenvalue weighted by atomic mass is 79.9. The molecule has 5 aromatic carbocycles. The molecule has 0 aliphatic rings. The minimum absolute atomic E-state index is 1.03. The fraction of sp³-hybridized carbons (Fsp3) is 0. The van der Waals surface area contributed by atoms with Crippen molar-refractivity contribution in [2.75, 3.05) is 4.90 Å². The van der Waals surface area contributed by atoms with Crippen molar-refractivity contribution in [3.05, 3.63) is 136 Å². The lowest BCUT2D eigenvalue weighted by molar-refractivity contribution is 1.26. The Morgan fingerprint density at radius 2 is 0.788 bits per heavy atom. The van der Waals surface area contributed by atoms with E-state index in [1.807, 2.05) is 12.1 Å². The molecule has 33 heavy (non-hydrogen) atoms. The third-order valence-electron chi connectivity index (χ3n) is 5.62. The van der Waals surface area contributed by atoms with E-state index in [0.717, 1.165) is 26.0 Å². The Bertz CT molecular complexity index is 1280. The number of halogens is 2. The van der Waals surface area contributed by atoms with E-state index >= 15 is 0 Å². The normalized spacial score (nSPS) is 10.7. The molecule has 0 saturated heterocycles. The second kappa shape index (κ2) is 9.78. The zero-order chi connectivity index (χ0) is 22.6. The minimum Gasteiger partial charge on any atom is -0.307 e. The van der Waals surface area contributed by atoms with Crippen LogP contribution in [0.5, 0.6) is 0 Å². The predicted molar refractivity (Wildman–Crippen MR) is 147 cm³/mol. The largest absolute Gasteiger partial charge is 0.307 e. The Kier molecular flexibility index (Phi) is 6.43. The number of para-hydroxylation sites is 3. The topological polar surface area (TPSA) is 3.24 Å². The lowest BCUT2D eigenvalue weighted by atomic mass is 9.94. The van der Waals surface area contributed by atoms with Crippen molar-refractivity contribution in [2.24, 2.45) is 0 Å². The smallest absolute Gasteiger partial charge is 0.0619 e. The zero-order valence-electron chi connectivity index (χ0n) is 17.8. The number of hydrogen-bond donors (Lipinski definition) is 0. The quantitative estimate of drug-likeness (QED) is 0.209. The first kappa shape index (κ1) is 21.7. The van der Waals surface area contributed by atoms with Gasteiger partial charge in [-0.1, -0.05) is 103 Å². The summed E-state index contributed by atoms with van der Waals surface area (Å²) >= 11 is 7.64. The molecule has 1 nitrogen and oxygen atoms in total. The molecule has 0 amide bonds. The number of anilines is 3. The first-order valence-electron chi connectivity index (χ1n) is 10.8. The molecule has 0 aliphatic carbocycles. The molecule has 0 aliphatic heterocycles. The lowest BCUT2D eigenvalue weighted by Gasteiger charge is -2.31. The summed E-state index contributed by atoms with van der Waals surface area (Å²) in [4.78, 5) is 2.35. The number of nitrogens with zero attached hydrogens (tertiary/aromatic N) is 1. The number of benzene rings is 5. The van der Waals surface area contributed by atoms with E-state index in [9.17, 15) is 0 Å². The molecule has 0 atom stereocenters. The summed E-state index contributed by atoms with van der Waals surface area (Å²) in [5, 5.41) is 0. The lowest BCUT2D eigenvalue weighted by Crippen LogP contribution is -2.13. The van der Waals surface area contributed by atoms with Gasteiger partial charge in [-0.3, -0.25) is 0 Å². The highest BCUT2D eigenvalue weighted by Crippen LogP contribution is 2.49. The van der Waals surface area contributed by atoms with E-state index in [2.05, 4.69) is 152 Å². The fourth-order valence-corrected chi connectivity index (χ4v) is 5.05. The van der Waals surface area contributed by atoms with Crippen LogP contribution in [0.2, 0.25) is 0 Å². The van der Waals surface area contributed by atoms with Gasteiger partial charge in [0, 0.05) is 20.1 Å². The maximum absolute atomic E-state index is 3.82. The average Bonchev–Trinajstić information content (AvgIpc) is 2.87. The molecule has 5 aromatic rings. The van der Waals surface area contributed by atoms with Gasteiger partial charge in [-0.2, -0.15) is 0 Å². The summed E-state index contributed by atoms with van der Waals surface area (Å²) in [6.07, 6.45) is 0. The zero-order valence-corrected chi connectivity index (χ0v) is 21.0. The van der Waals surface area contributed by atoms with E-state index < -0.39 is 0 Å². The Balaban J connectivity index is 1.90. The Hall–Kier alpha value is -3.14. The van der Waals surface area contributed by atoms with Gasteiger partial charge < -0.3 is 4.90 Å². The Labute approximate surface area is 211 Å². The van der Waals surface area contributed by atoms with E-state index in [1.165, 1.54) is 22.3 Å². The van der Waals surface area contributed by atoms with Crippen LogP contribution >= 0.6 is 31.9 Å². The second-order valence-corrected chi connectivity index (χ2v) is 9.38. The molecule has 0 saturated carbocycles. The predicted octanol–water partition coefficient (Wildman–Crippen LogP) is 10.0. The molecule has 0 unspecified atom stereocenters. The third-order valence-corrected chi connectivity index (χ3v) is 6.96. The van der Waals surface area contributed by atoms with Gasteiger partial charge in [0.25, 0.3) is 0 Å². The highest BCUT2D eigenvalue weighted by Gasteiger charge is 2.24. The molecule has 0 aromatic heterocycles. The number of rotatable bonds is 5. The Morgan fingerprint density at radius 3 is 1.21 bits per heavy atom. The first-order chi connectivity index (χ1) is 16.2. The summed E-state index contributed by atoms with van der Waals surface area (Å²) in [7, 11) is 0. The summed E-state index contributed by atoms with van der Waals surface area (Å²) in [6.45, 7) is 0. The molecule has 0 bridgehead atoms.